The van der Waals surface area contributed by atoms with E-state index >= 15 is 0 Å². The van der Waals surface area contributed by atoms with Crippen molar-refractivity contribution in [2.24, 2.45) is 0 Å². The first-order valence-electron chi connectivity index (χ1n) is 3.33. The van der Waals surface area contributed by atoms with Gasteiger partial charge in [0.05, 0.1) is 6.10 Å². The lowest BCUT2D eigenvalue weighted by molar-refractivity contribution is 0.222. The van der Waals surface area contributed by atoms with Crippen molar-refractivity contribution in [3.63, 3.8) is 0 Å². The molecular formula is C7H9ClN2O. The highest BCUT2D eigenvalue weighted by molar-refractivity contribution is 6.29. The van der Waals surface area contributed by atoms with Gasteiger partial charge < -0.3 is 4.74 Å². The Morgan fingerprint density at radius 1 is 1.55 bits per heavy atom. The van der Waals surface area contributed by atoms with Crippen molar-refractivity contribution in [2.75, 3.05) is 0 Å². The Labute approximate surface area is 70.4 Å². The normalized spacial score (nSPS) is 10.2. The molecule has 0 aliphatic rings. The van der Waals surface area contributed by atoms with Gasteiger partial charge >= 0.3 is 6.01 Å². The van der Waals surface area contributed by atoms with Crippen LogP contribution in [0.15, 0.2) is 12.3 Å². The Morgan fingerprint density at radius 2 is 2.27 bits per heavy atom. The number of aromatic nitrogens is 2. The molecule has 0 atom stereocenters. The molecule has 0 unspecified atom stereocenters. The van der Waals surface area contributed by atoms with Crippen LogP contribution in [0.2, 0.25) is 5.15 Å². The molecule has 1 rings (SSSR count). The summed E-state index contributed by atoms with van der Waals surface area (Å²) in [6, 6.07) is 1.93. The van der Waals surface area contributed by atoms with Gasteiger partial charge in [-0.15, -0.1) is 0 Å². The Bertz CT molecular complexity index is 240. The SMILES string of the molecule is CC(C)Oc1nccc(Cl)n1. The van der Waals surface area contributed by atoms with Gasteiger partial charge in [0.15, 0.2) is 0 Å². The van der Waals surface area contributed by atoms with Gasteiger partial charge in [0, 0.05) is 6.20 Å². The molecule has 1 aromatic rings. The van der Waals surface area contributed by atoms with Crippen LogP contribution in [-0.2, 0) is 0 Å². The summed E-state index contributed by atoms with van der Waals surface area (Å²) in [5, 5.41) is 0.399. The van der Waals surface area contributed by atoms with Gasteiger partial charge in [-0.25, -0.2) is 4.98 Å². The van der Waals surface area contributed by atoms with Gasteiger partial charge in [-0.1, -0.05) is 11.6 Å². The zero-order valence-electron chi connectivity index (χ0n) is 6.41. The van der Waals surface area contributed by atoms with E-state index in [1.165, 1.54) is 0 Å². The molecule has 0 spiro atoms. The van der Waals surface area contributed by atoms with Gasteiger partial charge in [0.2, 0.25) is 0 Å². The van der Waals surface area contributed by atoms with Gasteiger partial charge in [-0.2, -0.15) is 4.98 Å². The average Bonchev–Trinajstić information content (AvgIpc) is 1.85. The molecule has 60 valence electrons. The lowest BCUT2D eigenvalue weighted by atomic mass is 10.5. The summed E-state index contributed by atoms with van der Waals surface area (Å²) in [5.41, 5.74) is 0. The molecule has 0 amide bonds. The molecule has 1 aromatic heterocycles. The van der Waals surface area contributed by atoms with Crippen LogP contribution in [0, 0.1) is 0 Å². The molecule has 0 aliphatic carbocycles. The van der Waals surface area contributed by atoms with Crippen molar-refractivity contribution in [1.82, 2.24) is 9.97 Å². The number of nitrogens with zero attached hydrogens (tertiary/aromatic N) is 2. The van der Waals surface area contributed by atoms with E-state index in [2.05, 4.69) is 9.97 Å². The summed E-state index contributed by atoms with van der Waals surface area (Å²) in [4.78, 5) is 7.71. The molecule has 0 bridgehead atoms. The summed E-state index contributed by atoms with van der Waals surface area (Å²) < 4.78 is 5.19. The summed E-state index contributed by atoms with van der Waals surface area (Å²) in [6.45, 7) is 3.81. The van der Waals surface area contributed by atoms with E-state index in [9.17, 15) is 0 Å². The van der Waals surface area contributed by atoms with Crippen LogP contribution in [0.1, 0.15) is 13.8 Å². The molecule has 11 heavy (non-hydrogen) atoms. The molecular weight excluding hydrogens is 164 g/mol. The highest BCUT2D eigenvalue weighted by Gasteiger charge is 1.99. The molecule has 0 aliphatic heterocycles. The van der Waals surface area contributed by atoms with E-state index in [-0.39, 0.29) is 6.10 Å². The van der Waals surface area contributed by atoms with Gasteiger partial charge in [0.1, 0.15) is 5.15 Å². The summed E-state index contributed by atoms with van der Waals surface area (Å²) >= 11 is 5.60. The highest BCUT2D eigenvalue weighted by Crippen LogP contribution is 2.08. The number of ether oxygens (including phenoxy) is 1. The third kappa shape index (κ3) is 2.72. The molecule has 0 fully saturated rings. The second-order valence-electron chi connectivity index (χ2n) is 2.33. The maximum atomic E-state index is 5.60. The van der Waals surface area contributed by atoms with Crippen LogP contribution in [0.5, 0.6) is 6.01 Å². The molecule has 1 heterocycles. The van der Waals surface area contributed by atoms with E-state index in [0.29, 0.717) is 11.2 Å². The number of hydrogen-bond acceptors (Lipinski definition) is 3. The maximum absolute atomic E-state index is 5.60. The van der Waals surface area contributed by atoms with Crippen LogP contribution < -0.4 is 4.74 Å². The van der Waals surface area contributed by atoms with E-state index in [4.69, 9.17) is 16.3 Å². The Kier molecular flexibility index (Phi) is 2.65. The standard InChI is InChI=1S/C7H9ClN2O/c1-5(2)11-7-9-4-3-6(8)10-7/h3-5H,1-2H3. The van der Waals surface area contributed by atoms with Crippen molar-refractivity contribution >= 4 is 11.6 Å². The first kappa shape index (κ1) is 8.27. The Morgan fingerprint density at radius 3 is 2.82 bits per heavy atom. The number of halogens is 1. The Balaban J connectivity index is 2.71. The van der Waals surface area contributed by atoms with Crippen LogP contribution >= 0.6 is 11.6 Å². The second-order valence-corrected chi connectivity index (χ2v) is 2.72. The fraction of sp³-hybridized carbons (Fsp3) is 0.429. The predicted octanol–water partition coefficient (Wildman–Crippen LogP) is 1.92. The third-order valence-corrected chi connectivity index (χ3v) is 1.15. The van der Waals surface area contributed by atoms with Crippen molar-refractivity contribution in [3.8, 4) is 6.01 Å². The zero-order valence-corrected chi connectivity index (χ0v) is 7.17. The first-order chi connectivity index (χ1) is 5.18. The lowest BCUT2D eigenvalue weighted by Gasteiger charge is -2.05. The van der Waals surface area contributed by atoms with Crippen molar-refractivity contribution in [2.45, 2.75) is 20.0 Å². The lowest BCUT2D eigenvalue weighted by Crippen LogP contribution is -2.07. The number of rotatable bonds is 2. The second kappa shape index (κ2) is 3.53. The number of hydrogen-bond donors (Lipinski definition) is 0. The van der Waals surface area contributed by atoms with Gasteiger partial charge in [-0.05, 0) is 19.9 Å². The fourth-order valence-corrected chi connectivity index (χ4v) is 0.716. The fourth-order valence-electron chi connectivity index (χ4n) is 0.588. The van der Waals surface area contributed by atoms with Crippen molar-refractivity contribution in [3.05, 3.63) is 17.4 Å². The van der Waals surface area contributed by atoms with Crippen molar-refractivity contribution < 1.29 is 4.74 Å². The summed E-state index contributed by atoms with van der Waals surface area (Å²) in [6.07, 6.45) is 1.64. The quantitative estimate of drug-likeness (QED) is 0.640. The average molecular weight is 173 g/mol. The van der Waals surface area contributed by atoms with Crippen LogP contribution in [0.4, 0.5) is 0 Å². The predicted molar refractivity (Wildman–Crippen MR) is 42.8 cm³/mol. The summed E-state index contributed by atoms with van der Waals surface area (Å²) in [7, 11) is 0. The van der Waals surface area contributed by atoms with Gasteiger partial charge in [0.25, 0.3) is 0 Å². The summed E-state index contributed by atoms with van der Waals surface area (Å²) in [5.74, 6) is 0. The molecule has 4 heteroatoms. The monoisotopic (exact) mass is 172 g/mol. The zero-order chi connectivity index (χ0) is 8.27. The van der Waals surface area contributed by atoms with E-state index in [0.717, 1.165) is 0 Å². The molecule has 3 nitrogen and oxygen atoms in total. The van der Waals surface area contributed by atoms with Crippen LogP contribution in [0.25, 0.3) is 0 Å². The third-order valence-electron chi connectivity index (χ3n) is 0.941. The molecule has 0 saturated heterocycles. The Hall–Kier alpha value is -0.830. The minimum atomic E-state index is 0.0773. The van der Waals surface area contributed by atoms with E-state index in [1.54, 1.807) is 12.3 Å². The van der Waals surface area contributed by atoms with Gasteiger partial charge in [-0.3, -0.25) is 0 Å². The molecule has 0 radical (unpaired) electrons. The molecule has 0 saturated carbocycles. The molecule has 0 aromatic carbocycles. The van der Waals surface area contributed by atoms with E-state index < -0.39 is 0 Å². The van der Waals surface area contributed by atoms with E-state index in [1.807, 2.05) is 13.8 Å². The topological polar surface area (TPSA) is 35.0 Å². The van der Waals surface area contributed by atoms with Crippen LogP contribution in [-0.4, -0.2) is 16.1 Å². The molecule has 0 N–H and O–H groups in total. The smallest absolute Gasteiger partial charge is 0.318 e. The minimum absolute atomic E-state index is 0.0773. The van der Waals surface area contributed by atoms with Crippen molar-refractivity contribution in [1.29, 1.82) is 0 Å². The highest BCUT2D eigenvalue weighted by atomic mass is 35.5. The first-order valence-corrected chi connectivity index (χ1v) is 3.71. The van der Waals surface area contributed by atoms with Crippen LogP contribution in [0.3, 0.4) is 0 Å². The minimum Gasteiger partial charge on any atom is -0.461 e. The maximum Gasteiger partial charge on any atom is 0.318 e. The largest absolute Gasteiger partial charge is 0.461 e.